The van der Waals surface area contributed by atoms with Crippen LogP contribution in [0.3, 0.4) is 0 Å². The Hall–Kier alpha value is 0.400. The van der Waals surface area contributed by atoms with E-state index in [1.54, 1.807) is 0 Å². The Bertz CT molecular complexity index is 140. The van der Waals surface area contributed by atoms with Gasteiger partial charge in [0.1, 0.15) is 0 Å². The lowest BCUT2D eigenvalue weighted by molar-refractivity contribution is -0.111. The number of piperidine rings is 1. The lowest BCUT2D eigenvalue weighted by Crippen LogP contribution is -2.21. The molecule has 0 saturated carbocycles. The fourth-order valence-corrected chi connectivity index (χ4v) is 1.87. The van der Waals surface area contributed by atoms with Gasteiger partial charge in [-0.3, -0.25) is 4.79 Å². The molecule has 1 N–H and O–H groups in total. The van der Waals surface area contributed by atoms with Gasteiger partial charge in [-0.1, -0.05) is 28.8 Å². The number of rotatable bonds is 5. The first-order chi connectivity index (χ1) is 7.27. The molecule has 0 aromatic rings. The van der Waals surface area contributed by atoms with Crippen LogP contribution in [0, 0.1) is 0 Å². The van der Waals surface area contributed by atoms with Crippen LogP contribution in [0.15, 0.2) is 0 Å². The van der Waals surface area contributed by atoms with E-state index in [4.69, 9.17) is 11.6 Å². The summed E-state index contributed by atoms with van der Waals surface area (Å²) < 4.78 is 0. The maximum absolute atomic E-state index is 10.2. The zero-order chi connectivity index (χ0) is 11.4. The summed E-state index contributed by atoms with van der Waals surface area (Å²) in [6, 6.07) is 0. The Balaban J connectivity index is 0.000000280. The molecular formula is C11H21BrClNO. The van der Waals surface area contributed by atoms with Crippen LogP contribution < -0.4 is 5.32 Å². The molecule has 15 heavy (non-hydrogen) atoms. The zero-order valence-electron chi connectivity index (χ0n) is 9.24. The molecule has 0 aromatic heterocycles. The predicted molar refractivity (Wildman–Crippen MR) is 69.8 cm³/mol. The van der Waals surface area contributed by atoms with Crippen LogP contribution in [-0.4, -0.2) is 23.7 Å². The zero-order valence-corrected chi connectivity index (χ0v) is 11.6. The Morgan fingerprint density at radius 3 is 2.13 bits per heavy atom. The molecule has 1 aliphatic heterocycles. The monoisotopic (exact) mass is 297 g/mol. The molecule has 2 nitrogen and oxygen atoms in total. The van der Waals surface area contributed by atoms with E-state index in [-0.39, 0.29) is 5.24 Å². The fourth-order valence-electron chi connectivity index (χ4n) is 1.34. The van der Waals surface area contributed by atoms with Crippen LogP contribution in [-0.2, 0) is 4.79 Å². The van der Waals surface area contributed by atoms with Crippen LogP contribution in [0.25, 0.3) is 0 Å². The third-order valence-corrected chi connectivity index (χ3v) is 2.96. The summed E-state index contributed by atoms with van der Waals surface area (Å²) in [6.07, 6.45) is 7.88. The summed E-state index contributed by atoms with van der Waals surface area (Å²) in [5.41, 5.74) is 0. The van der Waals surface area contributed by atoms with Crippen LogP contribution in [0.2, 0.25) is 0 Å². The molecule has 1 fully saturated rings. The Morgan fingerprint density at radius 2 is 1.80 bits per heavy atom. The fraction of sp³-hybridized carbons (Fsp3) is 0.909. The minimum absolute atomic E-state index is 0.218. The minimum atomic E-state index is -0.218. The lowest BCUT2D eigenvalue weighted by atomic mass is 10.2. The summed E-state index contributed by atoms with van der Waals surface area (Å²) in [4.78, 5) is 10.2. The average Bonchev–Trinajstić information content (AvgIpc) is 2.28. The SMILES string of the molecule is C1CCNCC1.O=C(Cl)CCCCCBr. The van der Waals surface area contributed by atoms with Gasteiger partial charge in [-0.15, -0.1) is 0 Å². The Labute approximate surface area is 106 Å². The number of alkyl halides is 1. The van der Waals surface area contributed by atoms with Crippen molar-refractivity contribution in [3.05, 3.63) is 0 Å². The van der Waals surface area contributed by atoms with Crippen molar-refractivity contribution in [1.82, 2.24) is 5.32 Å². The van der Waals surface area contributed by atoms with Gasteiger partial charge in [-0.2, -0.15) is 0 Å². The summed E-state index contributed by atoms with van der Waals surface area (Å²) in [5, 5.41) is 4.08. The van der Waals surface area contributed by atoms with E-state index in [0.717, 1.165) is 24.6 Å². The molecule has 4 heteroatoms. The van der Waals surface area contributed by atoms with Crippen molar-refractivity contribution in [3.8, 4) is 0 Å². The van der Waals surface area contributed by atoms with E-state index in [2.05, 4.69) is 21.2 Å². The van der Waals surface area contributed by atoms with Crippen molar-refractivity contribution in [2.45, 2.75) is 44.9 Å². The molecule has 1 rings (SSSR count). The van der Waals surface area contributed by atoms with Crippen LogP contribution in [0.1, 0.15) is 44.9 Å². The molecule has 1 aliphatic rings. The number of halogens is 2. The van der Waals surface area contributed by atoms with E-state index in [1.165, 1.54) is 32.4 Å². The number of carbonyl (C=O) groups is 1. The highest BCUT2D eigenvalue weighted by Gasteiger charge is 1.94. The first kappa shape index (κ1) is 15.4. The smallest absolute Gasteiger partial charge is 0.221 e. The second-order valence-corrected chi connectivity index (χ2v) is 4.88. The molecule has 1 saturated heterocycles. The summed E-state index contributed by atoms with van der Waals surface area (Å²) in [5.74, 6) is 0. The Kier molecular flexibility index (Phi) is 12.8. The van der Waals surface area contributed by atoms with Gasteiger partial charge in [0, 0.05) is 11.8 Å². The number of nitrogens with one attached hydrogen (secondary N) is 1. The van der Waals surface area contributed by atoms with Gasteiger partial charge in [0.05, 0.1) is 0 Å². The lowest BCUT2D eigenvalue weighted by Gasteiger charge is -2.08. The summed E-state index contributed by atoms with van der Waals surface area (Å²) in [7, 11) is 0. The molecule has 0 bridgehead atoms. The number of hydrogen-bond donors (Lipinski definition) is 1. The van der Waals surface area contributed by atoms with Crippen molar-refractivity contribution in [2.24, 2.45) is 0 Å². The van der Waals surface area contributed by atoms with Crippen molar-refractivity contribution >= 4 is 32.8 Å². The summed E-state index contributed by atoms with van der Waals surface area (Å²) in [6.45, 7) is 2.50. The van der Waals surface area contributed by atoms with Crippen molar-refractivity contribution in [3.63, 3.8) is 0 Å². The van der Waals surface area contributed by atoms with Crippen LogP contribution in [0.4, 0.5) is 0 Å². The van der Waals surface area contributed by atoms with Crippen molar-refractivity contribution in [2.75, 3.05) is 18.4 Å². The van der Waals surface area contributed by atoms with Gasteiger partial charge in [0.15, 0.2) is 0 Å². The van der Waals surface area contributed by atoms with Crippen molar-refractivity contribution < 1.29 is 4.79 Å². The second kappa shape index (κ2) is 12.5. The molecule has 0 amide bonds. The molecule has 0 radical (unpaired) electrons. The van der Waals surface area contributed by atoms with Gasteiger partial charge in [-0.25, -0.2) is 0 Å². The van der Waals surface area contributed by atoms with E-state index < -0.39 is 0 Å². The standard InChI is InChI=1S/C6H10BrClO.C5H11N/c7-5-3-1-2-4-6(8)9;1-2-4-6-5-3-1/h1-5H2;6H,1-5H2. The molecule has 0 spiro atoms. The van der Waals surface area contributed by atoms with Gasteiger partial charge in [-0.05, 0) is 50.4 Å². The third kappa shape index (κ3) is 14.4. The number of carbonyl (C=O) groups excluding carboxylic acids is 1. The summed E-state index contributed by atoms with van der Waals surface area (Å²) >= 11 is 8.40. The maximum atomic E-state index is 10.2. The molecule has 0 unspecified atom stereocenters. The molecule has 90 valence electrons. The predicted octanol–water partition coefficient (Wildman–Crippen LogP) is 3.47. The van der Waals surface area contributed by atoms with Crippen LogP contribution in [0.5, 0.6) is 0 Å². The normalized spacial score (nSPS) is 15.3. The quantitative estimate of drug-likeness (QED) is 0.478. The van der Waals surface area contributed by atoms with Gasteiger partial charge in [0.25, 0.3) is 0 Å². The molecule has 0 atom stereocenters. The highest BCUT2D eigenvalue weighted by molar-refractivity contribution is 9.09. The van der Waals surface area contributed by atoms with E-state index in [0.29, 0.717) is 6.42 Å². The minimum Gasteiger partial charge on any atom is -0.317 e. The highest BCUT2D eigenvalue weighted by Crippen LogP contribution is 2.03. The third-order valence-electron chi connectivity index (χ3n) is 2.21. The molecular weight excluding hydrogens is 277 g/mol. The van der Waals surface area contributed by atoms with Gasteiger partial charge < -0.3 is 5.32 Å². The molecule has 0 aliphatic carbocycles. The second-order valence-electron chi connectivity index (χ2n) is 3.67. The van der Waals surface area contributed by atoms with Crippen LogP contribution >= 0.6 is 27.5 Å². The highest BCUT2D eigenvalue weighted by atomic mass is 79.9. The Morgan fingerprint density at radius 1 is 1.13 bits per heavy atom. The van der Waals surface area contributed by atoms with E-state index in [9.17, 15) is 4.79 Å². The first-order valence-electron chi connectivity index (χ1n) is 5.72. The van der Waals surface area contributed by atoms with Gasteiger partial charge >= 0.3 is 0 Å². The first-order valence-corrected chi connectivity index (χ1v) is 7.22. The topological polar surface area (TPSA) is 29.1 Å². The number of unbranched alkanes of at least 4 members (excludes halogenated alkanes) is 2. The average molecular weight is 299 g/mol. The largest absolute Gasteiger partial charge is 0.317 e. The van der Waals surface area contributed by atoms with E-state index in [1.807, 2.05) is 0 Å². The maximum Gasteiger partial charge on any atom is 0.221 e. The number of hydrogen-bond acceptors (Lipinski definition) is 2. The molecule has 0 aromatic carbocycles. The molecule has 1 heterocycles. The van der Waals surface area contributed by atoms with Gasteiger partial charge in [0.2, 0.25) is 5.24 Å². The van der Waals surface area contributed by atoms with E-state index >= 15 is 0 Å². The van der Waals surface area contributed by atoms with Crippen molar-refractivity contribution in [1.29, 1.82) is 0 Å².